The summed E-state index contributed by atoms with van der Waals surface area (Å²) in [5, 5.41) is 12.7. The first-order valence-corrected chi connectivity index (χ1v) is 7.69. The molecule has 118 valence electrons. The zero-order chi connectivity index (χ0) is 15.6. The fourth-order valence-electron chi connectivity index (χ4n) is 3.02. The van der Waals surface area contributed by atoms with Gasteiger partial charge in [-0.15, -0.1) is 0 Å². The number of aliphatic hydroxyl groups is 1. The Morgan fingerprint density at radius 3 is 2.76 bits per heavy atom. The molecule has 3 unspecified atom stereocenters. The van der Waals surface area contributed by atoms with Gasteiger partial charge in [-0.1, -0.05) is 0 Å². The molecule has 1 aromatic heterocycles. The average Bonchev–Trinajstić information content (AvgIpc) is 2.77. The minimum atomic E-state index is -0.364. The van der Waals surface area contributed by atoms with E-state index >= 15 is 0 Å². The van der Waals surface area contributed by atoms with Gasteiger partial charge >= 0.3 is 6.03 Å². The lowest BCUT2D eigenvalue weighted by Crippen LogP contribution is -2.47. The second-order valence-electron chi connectivity index (χ2n) is 6.13. The Kier molecular flexibility index (Phi) is 4.93. The van der Waals surface area contributed by atoms with Gasteiger partial charge in [0.05, 0.1) is 12.1 Å². The first kappa shape index (κ1) is 15.9. The van der Waals surface area contributed by atoms with E-state index in [4.69, 9.17) is 4.42 Å². The number of aryl methyl sites for hydroxylation is 2. The van der Waals surface area contributed by atoms with Gasteiger partial charge in [-0.25, -0.2) is 4.79 Å². The third-order valence-electron chi connectivity index (χ3n) is 4.31. The first-order valence-electron chi connectivity index (χ1n) is 7.69. The van der Waals surface area contributed by atoms with Crippen molar-refractivity contribution in [2.45, 2.75) is 52.7 Å². The molecule has 3 atom stereocenters. The summed E-state index contributed by atoms with van der Waals surface area (Å²) < 4.78 is 5.51. The standard InChI is InChI=1S/C16H26N2O3/c1-10-8-15(13(4)21-10)11(2)17-16(20)18-7-5-6-14(9-18)12(3)19/h8,11-12,14,19H,5-7,9H2,1-4H3,(H,17,20). The van der Waals surface area contributed by atoms with Crippen LogP contribution < -0.4 is 5.32 Å². The zero-order valence-electron chi connectivity index (χ0n) is 13.3. The Hall–Kier alpha value is -1.49. The molecular weight excluding hydrogens is 268 g/mol. The van der Waals surface area contributed by atoms with Crippen LogP contribution in [0.5, 0.6) is 0 Å². The fraction of sp³-hybridized carbons (Fsp3) is 0.688. The summed E-state index contributed by atoms with van der Waals surface area (Å²) in [5.74, 6) is 1.88. The van der Waals surface area contributed by atoms with Crippen molar-refractivity contribution in [1.29, 1.82) is 0 Å². The van der Waals surface area contributed by atoms with Gasteiger partial charge in [0.25, 0.3) is 0 Å². The zero-order valence-corrected chi connectivity index (χ0v) is 13.3. The Bertz CT molecular complexity index is 496. The normalized spacial score (nSPS) is 22.0. The molecule has 0 spiro atoms. The Balaban J connectivity index is 1.96. The maximum atomic E-state index is 12.4. The van der Waals surface area contributed by atoms with Gasteiger partial charge in [0, 0.05) is 24.6 Å². The van der Waals surface area contributed by atoms with Crippen molar-refractivity contribution in [3.63, 3.8) is 0 Å². The van der Waals surface area contributed by atoms with Gasteiger partial charge in [0.15, 0.2) is 0 Å². The smallest absolute Gasteiger partial charge is 0.317 e. The lowest BCUT2D eigenvalue weighted by Gasteiger charge is -2.34. The largest absolute Gasteiger partial charge is 0.466 e. The van der Waals surface area contributed by atoms with Crippen LogP contribution in [0.25, 0.3) is 0 Å². The minimum absolute atomic E-state index is 0.0638. The Labute approximate surface area is 126 Å². The molecule has 1 fully saturated rings. The van der Waals surface area contributed by atoms with Crippen molar-refractivity contribution in [1.82, 2.24) is 10.2 Å². The summed E-state index contributed by atoms with van der Waals surface area (Å²) in [4.78, 5) is 14.2. The highest BCUT2D eigenvalue weighted by Gasteiger charge is 2.27. The predicted molar refractivity (Wildman–Crippen MR) is 81.1 cm³/mol. The van der Waals surface area contributed by atoms with Crippen molar-refractivity contribution in [2.24, 2.45) is 5.92 Å². The van der Waals surface area contributed by atoms with Gasteiger partial charge in [0.1, 0.15) is 11.5 Å². The van der Waals surface area contributed by atoms with E-state index in [0.717, 1.165) is 36.5 Å². The monoisotopic (exact) mass is 294 g/mol. The molecule has 2 heterocycles. The van der Waals surface area contributed by atoms with E-state index in [1.54, 1.807) is 11.8 Å². The fourth-order valence-corrected chi connectivity index (χ4v) is 3.02. The van der Waals surface area contributed by atoms with Gasteiger partial charge in [-0.05, 0) is 46.6 Å². The van der Waals surface area contributed by atoms with E-state index < -0.39 is 0 Å². The lowest BCUT2D eigenvalue weighted by molar-refractivity contribution is 0.0734. The van der Waals surface area contributed by atoms with Crippen molar-refractivity contribution in [2.75, 3.05) is 13.1 Å². The molecule has 1 aromatic rings. The van der Waals surface area contributed by atoms with Crippen LogP contribution in [0, 0.1) is 19.8 Å². The molecule has 2 rings (SSSR count). The maximum absolute atomic E-state index is 12.4. The van der Waals surface area contributed by atoms with E-state index in [1.165, 1.54) is 0 Å². The second kappa shape index (κ2) is 6.52. The molecule has 0 aromatic carbocycles. The van der Waals surface area contributed by atoms with Gasteiger partial charge in [-0.2, -0.15) is 0 Å². The summed E-state index contributed by atoms with van der Waals surface area (Å²) in [6, 6.07) is 1.82. The highest BCUT2D eigenvalue weighted by atomic mass is 16.3. The molecule has 0 bridgehead atoms. The number of hydrogen-bond acceptors (Lipinski definition) is 3. The molecular formula is C16H26N2O3. The lowest BCUT2D eigenvalue weighted by atomic mass is 9.94. The average molecular weight is 294 g/mol. The summed E-state index contributed by atoms with van der Waals surface area (Å²) in [6.07, 6.45) is 1.56. The summed E-state index contributed by atoms with van der Waals surface area (Å²) in [7, 11) is 0. The third-order valence-corrected chi connectivity index (χ3v) is 4.31. The van der Waals surface area contributed by atoms with Gasteiger partial charge in [0.2, 0.25) is 0 Å². The maximum Gasteiger partial charge on any atom is 0.317 e. The summed E-state index contributed by atoms with van der Waals surface area (Å²) >= 11 is 0. The second-order valence-corrected chi connectivity index (χ2v) is 6.13. The molecule has 1 aliphatic rings. The Morgan fingerprint density at radius 2 is 2.19 bits per heavy atom. The molecule has 1 saturated heterocycles. The number of rotatable bonds is 3. The quantitative estimate of drug-likeness (QED) is 0.901. The molecule has 21 heavy (non-hydrogen) atoms. The molecule has 5 nitrogen and oxygen atoms in total. The van der Waals surface area contributed by atoms with E-state index in [0.29, 0.717) is 6.54 Å². The van der Waals surface area contributed by atoms with Crippen LogP contribution in [-0.4, -0.2) is 35.2 Å². The van der Waals surface area contributed by atoms with Crippen molar-refractivity contribution in [3.8, 4) is 0 Å². The van der Waals surface area contributed by atoms with Crippen LogP contribution in [0.3, 0.4) is 0 Å². The van der Waals surface area contributed by atoms with Crippen LogP contribution >= 0.6 is 0 Å². The Morgan fingerprint density at radius 1 is 1.48 bits per heavy atom. The predicted octanol–water partition coefficient (Wildman–Crippen LogP) is 2.76. The topological polar surface area (TPSA) is 65.7 Å². The van der Waals surface area contributed by atoms with Gasteiger partial charge < -0.3 is 19.7 Å². The molecule has 1 aliphatic heterocycles. The van der Waals surface area contributed by atoms with E-state index in [2.05, 4.69) is 5.32 Å². The SMILES string of the molecule is Cc1cc(C(C)NC(=O)N2CCCC(C(C)O)C2)c(C)o1. The number of nitrogens with one attached hydrogen (secondary N) is 1. The van der Waals surface area contributed by atoms with Crippen LogP contribution in [-0.2, 0) is 0 Å². The minimum Gasteiger partial charge on any atom is -0.466 e. The molecule has 5 heteroatoms. The number of urea groups is 1. The number of piperidine rings is 1. The highest BCUT2D eigenvalue weighted by Crippen LogP contribution is 2.23. The molecule has 0 saturated carbocycles. The first-order chi connectivity index (χ1) is 9.88. The van der Waals surface area contributed by atoms with E-state index in [-0.39, 0.29) is 24.1 Å². The van der Waals surface area contributed by atoms with Crippen LogP contribution in [0.1, 0.15) is 49.8 Å². The van der Waals surface area contributed by atoms with E-state index in [9.17, 15) is 9.90 Å². The van der Waals surface area contributed by atoms with Crippen molar-refractivity contribution in [3.05, 3.63) is 23.2 Å². The van der Waals surface area contributed by atoms with E-state index in [1.807, 2.05) is 26.8 Å². The number of likely N-dealkylation sites (tertiary alicyclic amines) is 1. The van der Waals surface area contributed by atoms with Crippen LogP contribution in [0.2, 0.25) is 0 Å². The number of hydrogen-bond donors (Lipinski definition) is 2. The van der Waals surface area contributed by atoms with Gasteiger partial charge in [-0.3, -0.25) is 0 Å². The molecule has 2 amide bonds. The van der Waals surface area contributed by atoms with Crippen molar-refractivity contribution >= 4 is 6.03 Å². The number of nitrogens with zero attached hydrogens (tertiary/aromatic N) is 1. The highest BCUT2D eigenvalue weighted by molar-refractivity contribution is 5.74. The number of carbonyl (C=O) groups is 1. The number of aliphatic hydroxyl groups excluding tert-OH is 1. The molecule has 2 N–H and O–H groups in total. The van der Waals surface area contributed by atoms with Crippen molar-refractivity contribution < 1.29 is 14.3 Å². The number of carbonyl (C=O) groups excluding carboxylic acids is 1. The summed E-state index contributed by atoms with van der Waals surface area (Å²) in [5.41, 5.74) is 1.02. The number of amides is 2. The van der Waals surface area contributed by atoms with Crippen LogP contribution in [0.15, 0.2) is 10.5 Å². The van der Waals surface area contributed by atoms with Crippen LogP contribution in [0.4, 0.5) is 4.79 Å². The third kappa shape index (κ3) is 3.79. The summed E-state index contributed by atoms with van der Waals surface area (Å²) in [6.45, 7) is 8.96. The molecule has 0 aliphatic carbocycles. The molecule has 0 radical (unpaired) electrons. The number of furan rings is 1.